The fraction of sp³-hybridized carbons (Fsp3) is 0.625. The van der Waals surface area contributed by atoms with Crippen molar-refractivity contribution in [1.29, 1.82) is 0 Å². The third-order valence-corrected chi connectivity index (χ3v) is 6.62. The van der Waals surface area contributed by atoms with E-state index >= 15 is 0 Å². The number of hydrogen-bond donors (Lipinski definition) is 5. The molecule has 2 rings (SSSR count). The van der Waals surface area contributed by atoms with Crippen LogP contribution < -0.4 is 20.7 Å². The normalized spacial score (nSPS) is 18.5. The number of carbonyl (C=O) groups is 3. The number of para-hydroxylation sites is 1. The van der Waals surface area contributed by atoms with Crippen LogP contribution in [0.2, 0.25) is 0 Å². The van der Waals surface area contributed by atoms with Crippen LogP contribution in [0.25, 0.3) is 0 Å². The summed E-state index contributed by atoms with van der Waals surface area (Å²) in [5.41, 5.74) is -3.23. The number of carbonyl (C=O) groups excluding carboxylic acids is 3. The maximum Gasteiger partial charge on any atom is 0.407 e. The lowest BCUT2D eigenvalue weighted by molar-refractivity contribution is -0.126. The van der Waals surface area contributed by atoms with Crippen molar-refractivity contribution in [2.75, 3.05) is 13.2 Å². The fourth-order valence-corrected chi connectivity index (χ4v) is 4.47. The third kappa shape index (κ3) is 10.2. The monoisotopic (exact) mass is 543 g/mol. The maximum absolute atomic E-state index is 13.1. The summed E-state index contributed by atoms with van der Waals surface area (Å²) in [6.07, 6.45) is -0.566. The standard InChI is InChI=1S/C24H37N3O9S/c1-15(2)12-18(27-23(31)35-14-24(3,4)36-17-8-6-5-7-9-17)21(29)26-19(22(30)37(32,33)34)13-16-10-11-25-20(16)28/h5-9,15-16,18-19,22,30H,10-14H2,1-4H3,(H,25,28)(H,26,29)(H,27,31)(H,32,33,34)/t16-,18-,19-,22?/m0/s1. The van der Waals surface area contributed by atoms with Gasteiger partial charge in [-0.1, -0.05) is 32.0 Å². The molecule has 1 aromatic carbocycles. The molecule has 4 atom stereocenters. The van der Waals surface area contributed by atoms with Gasteiger partial charge >= 0.3 is 6.09 Å². The molecule has 37 heavy (non-hydrogen) atoms. The smallest absolute Gasteiger partial charge is 0.407 e. The summed E-state index contributed by atoms with van der Waals surface area (Å²) >= 11 is 0. The van der Waals surface area contributed by atoms with Crippen molar-refractivity contribution in [3.63, 3.8) is 0 Å². The quantitative estimate of drug-likeness (QED) is 0.228. The van der Waals surface area contributed by atoms with Gasteiger partial charge < -0.3 is 30.5 Å². The number of aliphatic hydroxyl groups excluding tert-OH is 1. The zero-order valence-electron chi connectivity index (χ0n) is 21.5. The van der Waals surface area contributed by atoms with Gasteiger partial charge in [0.05, 0.1) is 6.04 Å². The predicted octanol–water partition coefficient (Wildman–Crippen LogP) is 1.20. The molecule has 1 aliphatic heterocycles. The molecule has 1 heterocycles. The molecule has 12 nitrogen and oxygen atoms in total. The van der Waals surface area contributed by atoms with Crippen LogP contribution in [0.15, 0.2) is 30.3 Å². The summed E-state index contributed by atoms with van der Waals surface area (Å²) in [4.78, 5) is 37.6. The first kappa shape index (κ1) is 30.3. The highest BCUT2D eigenvalue weighted by Gasteiger charge is 2.38. The number of aliphatic hydroxyl groups is 1. The molecular formula is C24H37N3O9S. The molecular weight excluding hydrogens is 506 g/mol. The molecule has 1 saturated heterocycles. The molecule has 0 aromatic heterocycles. The summed E-state index contributed by atoms with van der Waals surface area (Å²) in [5, 5.41) is 17.6. The van der Waals surface area contributed by atoms with Gasteiger partial charge in [-0.15, -0.1) is 0 Å². The summed E-state index contributed by atoms with van der Waals surface area (Å²) in [6, 6.07) is 6.35. The minimum atomic E-state index is -4.95. The van der Waals surface area contributed by atoms with E-state index in [1.807, 2.05) is 19.9 Å². The average Bonchev–Trinajstić information content (AvgIpc) is 3.20. The van der Waals surface area contributed by atoms with E-state index in [-0.39, 0.29) is 31.3 Å². The Hall–Kier alpha value is -2.90. The summed E-state index contributed by atoms with van der Waals surface area (Å²) in [5.74, 6) is -1.26. The van der Waals surface area contributed by atoms with Crippen molar-refractivity contribution in [3.05, 3.63) is 30.3 Å². The van der Waals surface area contributed by atoms with Crippen molar-refractivity contribution < 1.29 is 41.9 Å². The van der Waals surface area contributed by atoms with Crippen LogP contribution in [0.3, 0.4) is 0 Å². The van der Waals surface area contributed by atoms with Gasteiger partial charge in [0.1, 0.15) is 24.0 Å². The second kappa shape index (κ2) is 13.1. The highest BCUT2D eigenvalue weighted by atomic mass is 32.2. The third-order valence-electron chi connectivity index (χ3n) is 5.68. The molecule has 1 aromatic rings. The summed E-state index contributed by atoms with van der Waals surface area (Å²) in [7, 11) is -4.95. The zero-order chi connectivity index (χ0) is 27.8. The summed E-state index contributed by atoms with van der Waals surface area (Å²) in [6.45, 7) is 7.33. The maximum atomic E-state index is 13.1. The average molecular weight is 544 g/mol. The number of benzene rings is 1. The van der Waals surface area contributed by atoms with E-state index in [2.05, 4.69) is 16.0 Å². The van der Waals surface area contributed by atoms with E-state index in [1.165, 1.54) is 0 Å². The van der Waals surface area contributed by atoms with Gasteiger partial charge in [-0.05, 0) is 51.2 Å². The molecule has 3 amide bonds. The van der Waals surface area contributed by atoms with Crippen LogP contribution in [0, 0.1) is 11.8 Å². The second-order valence-electron chi connectivity index (χ2n) is 10.1. The molecule has 0 aliphatic carbocycles. The Morgan fingerprint density at radius 2 is 1.84 bits per heavy atom. The van der Waals surface area contributed by atoms with Crippen LogP contribution in [0.1, 0.15) is 47.0 Å². The van der Waals surface area contributed by atoms with Gasteiger partial charge in [-0.2, -0.15) is 8.42 Å². The highest BCUT2D eigenvalue weighted by Crippen LogP contribution is 2.21. The van der Waals surface area contributed by atoms with Crippen molar-refractivity contribution in [3.8, 4) is 5.75 Å². The van der Waals surface area contributed by atoms with Gasteiger partial charge in [0, 0.05) is 12.5 Å². The van der Waals surface area contributed by atoms with Gasteiger partial charge in [-0.3, -0.25) is 14.1 Å². The molecule has 0 saturated carbocycles. The van der Waals surface area contributed by atoms with Gasteiger partial charge in [-0.25, -0.2) is 4.79 Å². The van der Waals surface area contributed by atoms with Crippen molar-refractivity contribution in [1.82, 2.24) is 16.0 Å². The first-order valence-electron chi connectivity index (χ1n) is 12.1. The summed E-state index contributed by atoms with van der Waals surface area (Å²) < 4.78 is 43.7. The highest BCUT2D eigenvalue weighted by molar-refractivity contribution is 7.86. The zero-order valence-corrected chi connectivity index (χ0v) is 22.3. The molecule has 1 fully saturated rings. The number of rotatable bonds is 13. The Labute approximate surface area is 217 Å². The molecule has 0 radical (unpaired) electrons. The number of hydrogen-bond acceptors (Lipinski definition) is 8. The van der Waals surface area contributed by atoms with Crippen molar-refractivity contribution >= 4 is 28.0 Å². The number of nitrogens with one attached hydrogen (secondary N) is 3. The van der Waals surface area contributed by atoms with E-state index in [0.29, 0.717) is 18.7 Å². The van der Waals surface area contributed by atoms with Gasteiger partial charge in [0.15, 0.2) is 0 Å². The Kier molecular flexibility index (Phi) is 10.7. The van der Waals surface area contributed by atoms with E-state index < -0.39 is 51.2 Å². The Balaban J connectivity index is 2.05. The molecule has 1 unspecified atom stereocenters. The number of amides is 3. The van der Waals surface area contributed by atoms with Crippen molar-refractivity contribution in [2.45, 2.75) is 70.1 Å². The number of ether oxygens (including phenoxy) is 2. The first-order chi connectivity index (χ1) is 17.2. The van der Waals surface area contributed by atoms with E-state index in [1.54, 1.807) is 38.1 Å². The SMILES string of the molecule is CC(C)C[C@H](NC(=O)OCC(C)(C)Oc1ccccc1)C(=O)N[C@@H](C[C@@H]1CCNC1=O)C(O)S(=O)(=O)O. The van der Waals surface area contributed by atoms with Crippen LogP contribution in [0.5, 0.6) is 5.75 Å². The largest absolute Gasteiger partial charge is 0.484 e. The molecule has 0 bridgehead atoms. The van der Waals surface area contributed by atoms with Crippen LogP contribution in [0.4, 0.5) is 4.79 Å². The van der Waals surface area contributed by atoms with Gasteiger partial charge in [0.2, 0.25) is 17.3 Å². The Morgan fingerprint density at radius 1 is 1.19 bits per heavy atom. The molecule has 1 aliphatic rings. The minimum Gasteiger partial charge on any atom is -0.484 e. The Morgan fingerprint density at radius 3 is 2.38 bits per heavy atom. The second-order valence-corrected chi connectivity index (χ2v) is 11.6. The number of alkyl carbamates (subject to hydrolysis) is 1. The van der Waals surface area contributed by atoms with Crippen LogP contribution >= 0.6 is 0 Å². The van der Waals surface area contributed by atoms with E-state index in [9.17, 15) is 32.5 Å². The lowest BCUT2D eigenvalue weighted by Crippen LogP contribution is -2.55. The lowest BCUT2D eigenvalue weighted by atomic mass is 9.97. The molecule has 0 spiro atoms. The fourth-order valence-electron chi connectivity index (χ4n) is 3.88. The lowest BCUT2D eigenvalue weighted by Gasteiger charge is -2.28. The minimum absolute atomic E-state index is 0.0561. The Bertz CT molecular complexity index is 1030. The molecule has 13 heteroatoms. The predicted molar refractivity (Wildman–Crippen MR) is 134 cm³/mol. The van der Waals surface area contributed by atoms with Crippen LogP contribution in [-0.4, -0.2) is 72.3 Å². The van der Waals surface area contributed by atoms with E-state index in [0.717, 1.165) is 0 Å². The van der Waals surface area contributed by atoms with Crippen LogP contribution in [-0.2, 0) is 24.4 Å². The van der Waals surface area contributed by atoms with Crippen molar-refractivity contribution in [2.24, 2.45) is 11.8 Å². The van der Waals surface area contributed by atoms with E-state index in [4.69, 9.17) is 9.47 Å². The van der Waals surface area contributed by atoms with Gasteiger partial charge in [0.25, 0.3) is 10.1 Å². The molecule has 5 N–H and O–H groups in total. The first-order valence-corrected chi connectivity index (χ1v) is 13.6. The topological polar surface area (TPSA) is 180 Å². The molecule has 208 valence electrons.